The summed E-state index contributed by atoms with van der Waals surface area (Å²) in [5.41, 5.74) is 4.69. The highest BCUT2D eigenvalue weighted by Gasteiger charge is 2.38. The third kappa shape index (κ3) is 4.00. The number of aromatic nitrogens is 3. The quantitative estimate of drug-likeness (QED) is 0.371. The minimum atomic E-state index is -2.66. The lowest BCUT2D eigenvalue weighted by Crippen LogP contribution is -2.24. The summed E-state index contributed by atoms with van der Waals surface area (Å²) in [4.78, 5) is 18.9. The fourth-order valence-corrected chi connectivity index (χ4v) is 4.38. The summed E-state index contributed by atoms with van der Waals surface area (Å²) in [6.07, 6.45) is -0.138. The van der Waals surface area contributed by atoms with E-state index in [0.29, 0.717) is 12.2 Å². The van der Waals surface area contributed by atoms with Crippen LogP contribution in [0, 0.1) is 6.92 Å². The second kappa shape index (κ2) is 8.52. The molecule has 0 spiro atoms. The Morgan fingerprint density at radius 2 is 1.82 bits per heavy atom. The minimum absolute atomic E-state index is 0.138. The molecule has 174 valence electrons. The predicted octanol–water partition coefficient (Wildman–Crippen LogP) is 5.42. The number of para-hydroxylation sites is 1. The maximum atomic E-state index is 13.7. The van der Waals surface area contributed by atoms with Crippen molar-refractivity contribution in [2.24, 2.45) is 0 Å². The third-order valence-electron chi connectivity index (χ3n) is 6.01. The van der Waals surface area contributed by atoms with E-state index in [-0.39, 0.29) is 25.3 Å². The maximum Gasteiger partial charge on any atom is 0.357 e. The van der Waals surface area contributed by atoms with Crippen LogP contribution in [0.1, 0.15) is 29.5 Å². The van der Waals surface area contributed by atoms with Gasteiger partial charge in [-0.05, 0) is 55.3 Å². The van der Waals surface area contributed by atoms with Crippen molar-refractivity contribution in [2.45, 2.75) is 26.2 Å². The number of fused-ring (bicyclic) bond motifs is 1. The number of hydrogen-bond acceptors (Lipinski definition) is 5. The topological polar surface area (TPSA) is 60.2 Å². The number of carbonyl (C=O) groups is 1. The summed E-state index contributed by atoms with van der Waals surface area (Å²) < 4.78 is 34.3. The van der Waals surface area contributed by atoms with Gasteiger partial charge < -0.3 is 9.64 Å². The van der Waals surface area contributed by atoms with Gasteiger partial charge in [0.25, 0.3) is 5.92 Å². The molecule has 4 aromatic rings. The van der Waals surface area contributed by atoms with Crippen LogP contribution < -0.4 is 4.90 Å². The molecule has 0 unspecified atom stereocenters. The van der Waals surface area contributed by atoms with Gasteiger partial charge in [0.2, 0.25) is 0 Å². The van der Waals surface area contributed by atoms with Gasteiger partial charge in [0.1, 0.15) is 0 Å². The summed E-state index contributed by atoms with van der Waals surface area (Å²) in [5.74, 6) is -3.17. The number of esters is 1. The Morgan fingerprint density at radius 3 is 2.47 bits per heavy atom. The number of hydrogen-bond donors (Lipinski definition) is 0. The Balaban J connectivity index is 1.64. The van der Waals surface area contributed by atoms with Crippen LogP contribution in [0.5, 0.6) is 0 Å². The molecule has 1 fully saturated rings. The van der Waals surface area contributed by atoms with Gasteiger partial charge in [-0.15, -0.1) is 0 Å². The molecular formula is C26H24F2N4O2. The van der Waals surface area contributed by atoms with Gasteiger partial charge in [0, 0.05) is 18.7 Å². The fraction of sp³-hybridized carbons (Fsp3) is 0.269. The molecule has 3 heterocycles. The second-order valence-corrected chi connectivity index (χ2v) is 8.38. The number of rotatable bonds is 5. The van der Waals surface area contributed by atoms with E-state index in [0.717, 1.165) is 33.6 Å². The molecule has 1 aliphatic rings. The highest BCUT2D eigenvalue weighted by molar-refractivity contribution is 6.00. The molecule has 2 aromatic heterocycles. The van der Waals surface area contributed by atoms with Crippen molar-refractivity contribution in [1.29, 1.82) is 0 Å². The van der Waals surface area contributed by atoms with Crippen molar-refractivity contribution in [3.8, 4) is 16.8 Å². The largest absolute Gasteiger partial charge is 0.461 e. The lowest BCUT2D eigenvalue weighted by Gasteiger charge is -2.18. The lowest BCUT2D eigenvalue weighted by molar-refractivity contribution is 0.0257. The zero-order valence-corrected chi connectivity index (χ0v) is 19.0. The highest BCUT2D eigenvalue weighted by atomic mass is 19.3. The van der Waals surface area contributed by atoms with Crippen LogP contribution in [0.25, 0.3) is 27.8 Å². The van der Waals surface area contributed by atoms with Gasteiger partial charge in [0.15, 0.2) is 11.3 Å². The monoisotopic (exact) mass is 462 g/mol. The molecule has 0 atom stereocenters. The third-order valence-corrected chi connectivity index (χ3v) is 6.01. The number of benzene rings is 2. The number of halogens is 2. The Labute approximate surface area is 195 Å². The predicted molar refractivity (Wildman–Crippen MR) is 127 cm³/mol. The molecule has 5 rings (SSSR count). The van der Waals surface area contributed by atoms with Crippen molar-refractivity contribution >= 4 is 22.7 Å². The summed E-state index contributed by atoms with van der Waals surface area (Å²) in [5, 5.41) is 5.52. The molecule has 1 aliphatic heterocycles. The number of alkyl halides is 2. The van der Waals surface area contributed by atoms with E-state index in [4.69, 9.17) is 9.84 Å². The van der Waals surface area contributed by atoms with Crippen molar-refractivity contribution in [3.05, 3.63) is 72.1 Å². The molecule has 6 nitrogen and oxygen atoms in total. The molecule has 0 aliphatic carbocycles. The standard InChI is InChI=1S/C26H24F2N4O2/c1-3-34-25(33)22-15-21(18-9-11-19(12-10-18)31-14-13-26(27,28)16-31)23-17(2)30-32(24(23)29-22)20-7-5-4-6-8-20/h4-12,15H,3,13-14,16H2,1-2H3. The molecule has 0 N–H and O–H groups in total. The number of carbonyl (C=O) groups excluding carboxylic acids is 1. The summed E-state index contributed by atoms with van der Waals surface area (Å²) in [7, 11) is 0. The first-order valence-electron chi connectivity index (χ1n) is 11.2. The molecular weight excluding hydrogens is 438 g/mol. The average molecular weight is 463 g/mol. The molecule has 2 aromatic carbocycles. The number of pyridine rings is 1. The molecule has 0 bridgehead atoms. The van der Waals surface area contributed by atoms with Gasteiger partial charge in [-0.2, -0.15) is 5.10 Å². The van der Waals surface area contributed by atoms with E-state index in [1.54, 1.807) is 22.6 Å². The zero-order valence-electron chi connectivity index (χ0n) is 19.0. The second-order valence-electron chi connectivity index (χ2n) is 8.38. The molecule has 1 saturated heterocycles. The van der Waals surface area contributed by atoms with Crippen molar-refractivity contribution in [2.75, 3.05) is 24.6 Å². The minimum Gasteiger partial charge on any atom is -0.461 e. The Morgan fingerprint density at radius 1 is 1.09 bits per heavy atom. The first kappa shape index (κ1) is 22.0. The van der Waals surface area contributed by atoms with Crippen LogP contribution in [0.4, 0.5) is 14.5 Å². The van der Waals surface area contributed by atoms with E-state index in [9.17, 15) is 13.6 Å². The van der Waals surface area contributed by atoms with Crippen LogP contribution in [0.3, 0.4) is 0 Å². The summed E-state index contributed by atoms with van der Waals surface area (Å²) >= 11 is 0. The van der Waals surface area contributed by atoms with Gasteiger partial charge in [-0.1, -0.05) is 30.3 Å². The normalized spacial score (nSPS) is 15.1. The molecule has 0 amide bonds. The van der Waals surface area contributed by atoms with Crippen LogP contribution in [-0.2, 0) is 4.74 Å². The fourth-order valence-electron chi connectivity index (χ4n) is 4.38. The molecule has 0 saturated carbocycles. The Hall–Kier alpha value is -3.81. The molecule has 8 heteroatoms. The van der Waals surface area contributed by atoms with Gasteiger partial charge >= 0.3 is 5.97 Å². The van der Waals surface area contributed by atoms with E-state index in [1.165, 1.54) is 0 Å². The van der Waals surface area contributed by atoms with Gasteiger partial charge in [-0.3, -0.25) is 0 Å². The number of anilines is 1. The van der Waals surface area contributed by atoms with Crippen LogP contribution >= 0.6 is 0 Å². The summed E-state index contributed by atoms with van der Waals surface area (Å²) in [6, 6.07) is 18.7. The van der Waals surface area contributed by atoms with E-state index in [2.05, 4.69) is 4.98 Å². The SMILES string of the molecule is CCOC(=O)c1cc(-c2ccc(N3CCC(F)(F)C3)cc2)c2c(C)nn(-c3ccccc3)c2n1. The van der Waals surface area contributed by atoms with Crippen molar-refractivity contribution < 1.29 is 18.3 Å². The lowest BCUT2D eigenvalue weighted by atomic mass is 10.0. The Bertz CT molecular complexity index is 1350. The first-order valence-corrected chi connectivity index (χ1v) is 11.2. The van der Waals surface area contributed by atoms with E-state index < -0.39 is 11.9 Å². The molecule has 34 heavy (non-hydrogen) atoms. The molecule has 0 radical (unpaired) electrons. The first-order chi connectivity index (χ1) is 16.4. The van der Waals surface area contributed by atoms with E-state index >= 15 is 0 Å². The maximum absolute atomic E-state index is 13.7. The van der Waals surface area contributed by atoms with Gasteiger partial charge in [-0.25, -0.2) is 23.2 Å². The number of aryl methyl sites for hydroxylation is 1. The van der Waals surface area contributed by atoms with E-state index in [1.807, 2.05) is 61.5 Å². The zero-order chi connectivity index (χ0) is 23.9. The average Bonchev–Trinajstić information content (AvgIpc) is 3.38. The number of nitrogens with zero attached hydrogens (tertiary/aromatic N) is 4. The Kier molecular flexibility index (Phi) is 5.51. The van der Waals surface area contributed by atoms with Gasteiger partial charge in [0.05, 0.1) is 29.9 Å². The van der Waals surface area contributed by atoms with Crippen molar-refractivity contribution in [1.82, 2.24) is 14.8 Å². The number of ether oxygens (including phenoxy) is 1. The van der Waals surface area contributed by atoms with Crippen LogP contribution in [0.15, 0.2) is 60.7 Å². The summed E-state index contributed by atoms with van der Waals surface area (Å²) in [6.45, 7) is 3.93. The van der Waals surface area contributed by atoms with Crippen LogP contribution in [-0.4, -0.2) is 46.4 Å². The smallest absolute Gasteiger partial charge is 0.357 e. The van der Waals surface area contributed by atoms with Crippen LogP contribution in [0.2, 0.25) is 0 Å². The highest BCUT2D eigenvalue weighted by Crippen LogP contribution is 2.35. The van der Waals surface area contributed by atoms with Crippen molar-refractivity contribution in [3.63, 3.8) is 0 Å².